The molecule has 0 aliphatic carbocycles. The van der Waals surface area contributed by atoms with Crippen molar-refractivity contribution < 1.29 is 9.53 Å². The van der Waals surface area contributed by atoms with E-state index < -0.39 is 5.97 Å². The van der Waals surface area contributed by atoms with Gasteiger partial charge in [-0.05, 0) is 36.4 Å². The third-order valence-electron chi connectivity index (χ3n) is 3.94. The zero-order chi connectivity index (χ0) is 17.9. The molecular formula is C21H14N2O2S. The molecule has 126 valence electrons. The number of esters is 1. The number of aliphatic imine (C=N–C) groups is 1. The van der Waals surface area contributed by atoms with E-state index in [0.29, 0.717) is 10.5 Å². The van der Waals surface area contributed by atoms with Crippen molar-refractivity contribution in [2.24, 2.45) is 4.99 Å². The maximum absolute atomic E-state index is 12.2. The number of carbonyl (C=O) groups is 1. The molecule has 26 heavy (non-hydrogen) atoms. The number of benzene rings is 2. The van der Waals surface area contributed by atoms with Gasteiger partial charge in [0.15, 0.2) is 5.70 Å². The van der Waals surface area contributed by atoms with E-state index in [-0.39, 0.29) is 5.70 Å². The molecule has 1 aromatic heterocycles. The molecule has 2 heterocycles. The van der Waals surface area contributed by atoms with Gasteiger partial charge in [-0.15, -0.1) is 0 Å². The van der Waals surface area contributed by atoms with E-state index in [0.717, 1.165) is 16.8 Å². The van der Waals surface area contributed by atoms with Crippen molar-refractivity contribution in [1.82, 2.24) is 4.57 Å². The monoisotopic (exact) mass is 358 g/mol. The minimum absolute atomic E-state index is 0.237. The molecule has 0 spiro atoms. The molecule has 0 saturated carbocycles. The predicted molar refractivity (Wildman–Crippen MR) is 104 cm³/mol. The molecule has 2 aromatic carbocycles. The van der Waals surface area contributed by atoms with Gasteiger partial charge in [-0.25, -0.2) is 9.79 Å². The van der Waals surface area contributed by atoms with E-state index >= 15 is 0 Å². The van der Waals surface area contributed by atoms with Crippen molar-refractivity contribution in [2.75, 3.05) is 0 Å². The van der Waals surface area contributed by atoms with Gasteiger partial charge in [0.05, 0.1) is 0 Å². The summed E-state index contributed by atoms with van der Waals surface area (Å²) in [6.07, 6.45) is 3.56. The number of aromatic nitrogens is 1. The summed E-state index contributed by atoms with van der Waals surface area (Å²) < 4.78 is 7.78. The second-order valence-corrected chi connectivity index (χ2v) is 6.06. The van der Waals surface area contributed by atoms with Crippen LogP contribution in [0, 0.1) is 4.64 Å². The van der Waals surface area contributed by atoms with Crippen molar-refractivity contribution in [2.45, 2.75) is 0 Å². The Morgan fingerprint density at radius 1 is 0.923 bits per heavy atom. The lowest BCUT2D eigenvalue weighted by molar-refractivity contribution is -0.129. The second-order valence-electron chi connectivity index (χ2n) is 5.68. The first-order chi connectivity index (χ1) is 12.7. The summed E-state index contributed by atoms with van der Waals surface area (Å²) >= 11 is 5.59. The second kappa shape index (κ2) is 6.90. The summed E-state index contributed by atoms with van der Waals surface area (Å²) in [7, 11) is 0. The van der Waals surface area contributed by atoms with E-state index in [1.165, 1.54) is 0 Å². The fourth-order valence-corrected chi connectivity index (χ4v) is 2.97. The number of nitrogens with zero attached hydrogens (tertiary/aromatic N) is 2. The number of hydrogen-bond acceptors (Lipinski definition) is 4. The molecule has 4 rings (SSSR count). The van der Waals surface area contributed by atoms with Crippen molar-refractivity contribution in [3.05, 3.63) is 100 Å². The van der Waals surface area contributed by atoms with Gasteiger partial charge in [0.25, 0.3) is 0 Å². The molecule has 1 aliphatic rings. The van der Waals surface area contributed by atoms with E-state index in [1.807, 2.05) is 83.6 Å². The Morgan fingerprint density at radius 3 is 2.35 bits per heavy atom. The van der Waals surface area contributed by atoms with Crippen LogP contribution in [0.4, 0.5) is 0 Å². The van der Waals surface area contributed by atoms with Crippen LogP contribution < -0.4 is 0 Å². The van der Waals surface area contributed by atoms with Crippen molar-refractivity contribution in [3.8, 4) is 5.69 Å². The minimum Gasteiger partial charge on any atom is -0.402 e. The molecule has 0 radical (unpaired) electrons. The quantitative estimate of drug-likeness (QED) is 0.392. The third-order valence-corrected chi connectivity index (χ3v) is 4.38. The fourth-order valence-electron chi connectivity index (χ4n) is 2.67. The smallest absolute Gasteiger partial charge is 0.363 e. The Hall–Kier alpha value is -3.31. The first kappa shape index (κ1) is 16.2. The van der Waals surface area contributed by atoms with Gasteiger partial charge < -0.3 is 9.30 Å². The molecule has 0 amide bonds. The summed E-state index contributed by atoms with van der Waals surface area (Å²) in [6.45, 7) is 0. The van der Waals surface area contributed by atoms with Gasteiger partial charge in [0, 0.05) is 23.0 Å². The van der Waals surface area contributed by atoms with Gasteiger partial charge in [0.2, 0.25) is 5.90 Å². The topological polar surface area (TPSA) is 43.6 Å². The predicted octanol–water partition coefficient (Wildman–Crippen LogP) is 4.55. The van der Waals surface area contributed by atoms with Crippen LogP contribution in [0.2, 0.25) is 0 Å². The SMILES string of the molecule is O=C1OC(c2ccccc2)=NC1=Cc1cccn(-c2ccccc2)c1=S. The van der Waals surface area contributed by atoms with Crippen LogP contribution in [0.15, 0.2) is 89.7 Å². The number of hydrogen-bond donors (Lipinski definition) is 0. The van der Waals surface area contributed by atoms with Gasteiger partial charge in [-0.2, -0.15) is 0 Å². The number of pyridine rings is 1. The van der Waals surface area contributed by atoms with E-state index in [1.54, 1.807) is 6.08 Å². The lowest BCUT2D eigenvalue weighted by Crippen LogP contribution is -2.05. The highest BCUT2D eigenvalue weighted by Gasteiger charge is 2.24. The first-order valence-corrected chi connectivity index (χ1v) is 8.48. The molecule has 0 atom stereocenters. The van der Waals surface area contributed by atoms with Crippen LogP contribution in [0.25, 0.3) is 11.8 Å². The molecule has 1 aliphatic heterocycles. The summed E-state index contributed by atoms with van der Waals surface area (Å²) in [5.74, 6) is -0.173. The van der Waals surface area contributed by atoms with E-state index in [4.69, 9.17) is 17.0 Å². The number of rotatable bonds is 3. The largest absolute Gasteiger partial charge is 0.402 e. The minimum atomic E-state index is -0.478. The molecule has 0 N–H and O–H groups in total. The average Bonchev–Trinajstić information content (AvgIpc) is 3.05. The van der Waals surface area contributed by atoms with Crippen molar-refractivity contribution in [3.63, 3.8) is 0 Å². The number of para-hydroxylation sites is 1. The van der Waals surface area contributed by atoms with Crippen LogP contribution >= 0.6 is 12.2 Å². The maximum atomic E-state index is 12.2. The molecule has 0 saturated heterocycles. The molecule has 0 fully saturated rings. The lowest BCUT2D eigenvalue weighted by Gasteiger charge is -2.08. The van der Waals surface area contributed by atoms with E-state index in [2.05, 4.69) is 4.99 Å². The Kier molecular flexibility index (Phi) is 4.29. The van der Waals surface area contributed by atoms with Crippen LogP contribution in [0.3, 0.4) is 0 Å². The fraction of sp³-hybridized carbons (Fsp3) is 0. The standard InChI is InChI=1S/C21H14N2O2S/c24-21-18(22-19(25-21)15-8-3-1-4-9-15)14-16-10-7-13-23(20(16)26)17-11-5-2-6-12-17/h1-14H. The Labute approximate surface area is 155 Å². The number of cyclic esters (lactones) is 1. The third kappa shape index (κ3) is 3.12. The molecule has 0 unspecified atom stereocenters. The molecular weight excluding hydrogens is 344 g/mol. The lowest BCUT2D eigenvalue weighted by atomic mass is 10.2. The normalized spacial score (nSPS) is 15.0. The van der Waals surface area contributed by atoms with Gasteiger partial charge >= 0.3 is 5.97 Å². The summed E-state index contributed by atoms with van der Waals surface area (Å²) in [6, 6.07) is 22.9. The highest BCUT2D eigenvalue weighted by molar-refractivity contribution is 7.71. The maximum Gasteiger partial charge on any atom is 0.363 e. The van der Waals surface area contributed by atoms with Crippen LogP contribution in [0.1, 0.15) is 11.1 Å². The zero-order valence-corrected chi connectivity index (χ0v) is 14.5. The van der Waals surface area contributed by atoms with Gasteiger partial charge in [0.1, 0.15) is 4.64 Å². The summed E-state index contributed by atoms with van der Waals surface area (Å²) in [5.41, 5.74) is 2.69. The van der Waals surface area contributed by atoms with Crippen molar-refractivity contribution >= 4 is 30.2 Å². The number of carbonyl (C=O) groups excluding carboxylic acids is 1. The highest BCUT2D eigenvalue weighted by Crippen LogP contribution is 2.20. The van der Waals surface area contributed by atoms with Crippen LogP contribution in [-0.4, -0.2) is 16.4 Å². The van der Waals surface area contributed by atoms with E-state index in [9.17, 15) is 4.79 Å². The molecule has 0 bridgehead atoms. The van der Waals surface area contributed by atoms with Gasteiger partial charge in [-0.1, -0.05) is 54.7 Å². The molecule has 3 aromatic rings. The number of ether oxygens (including phenoxy) is 1. The zero-order valence-electron chi connectivity index (χ0n) is 13.7. The highest BCUT2D eigenvalue weighted by atomic mass is 32.1. The Bertz CT molecular complexity index is 1080. The molecule has 4 nitrogen and oxygen atoms in total. The van der Waals surface area contributed by atoms with Crippen LogP contribution in [-0.2, 0) is 9.53 Å². The molecule has 5 heteroatoms. The Balaban J connectivity index is 1.74. The summed E-state index contributed by atoms with van der Waals surface area (Å²) in [4.78, 5) is 16.5. The van der Waals surface area contributed by atoms with Crippen LogP contribution in [0.5, 0.6) is 0 Å². The first-order valence-electron chi connectivity index (χ1n) is 8.07. The summed E-state index contributed by atoms with van der Waals surface area (Å²) in [5, 5.41) is 0. The van der Waals surface area contributed by atoms with Gasteiger partial charge in [-0.3, -0.25) is 0 Å². The Morgan fingerprint density at radius 2 is 1.62 bits per heavy atom. The van der Waals surface area contributed by atoms with Crippen molar-refractivity contribution in [1.29, 1.82) is 0 Å². The average molecular weight is 358 g/mol.